The largest absolute Gasteiger partial charge is 0.466 e. The minimum atomic E-state index is -0.418. The highest BCUT2D eigenvalue weighted by Gasteiger charge is 2.18. The predicted octanol–water partition coefficient (Wildman–Crippen LogP) is 3.23. The van der Waals surface area contributed by atoms with E-state index in [1.807, 2.05) is 37.3 Å². The maximum Gasteiger partial charge on any atom is 0.306 e. The lowest BCUT2D eigenvalue weighted by Crippen LogP contribution is -2.41. The van der Waals surface area contributed by atoms with Crippen molar-refractivity contribution in [3.05, 3.63) is 65.7 Å². The third-order valence-corrected chi connectivity index (χ3v) is 5.00. The lowest BCUT2D eigenvalue weighted by atomic mass is 10.1. The van der Waals surface area contributed by atoms with Gasteiger partial charge in [0.25, 0.3) is 5.91 Å². The summed E-state index contributed by atoms with van der Waals surface area (Å²) in [5, 5.41) is 5.66. The third kappa shape index (κ3) is 8.11. The van der Waals surface area contributed by atoms with Crippen LogP contribution in [-0.4, -0.2) is 43.1 Å². The molecule has 0 aliphatic rings. The Labute approximate surface area is 194 Å². The van der Waals surface area contributed by atoms with E-state index in [-0.39, 0.29) is 29.8 Å². The van der Waals surface area contributed by atoms with Crippen molar-refractivity contribution < 1.29 is 19.1 Å². The molecule has 2 rings (SSSR count). The number of ether oxygens (including phenoxy) is 1. The van der Waals surface area contributed by atoms with Crippen molar-refractivity contribution in [2.45, 2.75) is 32.6 Å². The molecule has 0 saturated carbocycles. The minimum absolute atomic E-state index is 0.0153. The summed E-state index contributed by atoms with van der Waals surface area (Å²) in [4.78, 5) is 38.0. The number of hydrogen-bond acceptors (Lipinski definition) is 5. The molecule has 0 atom stereocenters. The molecule has 0 spiro atoms. The van der Waals surface area contributed by atoms with Gasteiger partial charge in [0.05, 0.1) is 24.3 Å². The van der Waals surface area contributed by atoms with E-state index in [0.717, 1.165) is 18.4 Å². The number of hydrogen-bond donors (Lipinski definition) is 2. The molecule has 7 nitrogen and oxygen atoms in total. The van der Waals surface area contributed by atoms with E-state index in [0.29, 0.717) is 24.4 Å². The van der Waals surface area contributed by atoms with Crippen LogP contribution in [0.3, 0.4) is 0 Å². The second-order valence-electron chi connectivity index (χ2n) is 7.14. The second kappa shape index (κ2) is 13.2. The Morgan fingerprint density at radius 3 is 2.41 bits per heavy atom. The summed E-state index contributed by atoms with van der Waals surface area (Å²) < 4.78 is 4.96. The van der Waals surface area contributed by atoms with Gasteiger partial charge in [-0.1, -0.05) is 49.4 Å². The smallest absolute Gasteiger partial charge is 0.306 e. The molecule has 2 aromatic carbocycles. The molecule has 0 bridgehead atoms. The van der Waals surface area contributed by atoms with Gasteiger partial charge in [-0.3, -0.25) is 14.4 Å². The third-order valence-electron chi connectivity index (χ3n) is 4.63. The van der Waals surface area contributed by atoms with E-state index in [2.05, 4.69) is 10.6 Å². The summed E-state index contributed by atoms with van der Waals surface area (Å²) in [6, 6.07) is 16.9. The Bertz CT molecular complexity index is 934. The van der Waals surface area contributed by atoms with Crippen LogP contribution >= 0.6 is 12.2 Å². The maximum atomic E-state index is 12.7. The molecule has 170 valence electrons. The van der Waals surface area contributed by atoms with Crippen molar-refractivity contribution in [2.75, 3.05) is 25.1 Å². The number of carbonyl (C=O) groups excluding carboxylic acids is 3. The van der Waals surface area contributed by atoms with Gasteiger partial charge in [-0.25, -0.2) is 0 Å². The molecule has 0 aliphatic carbocycles. The zero-order valence-electron chi connectivity index (χ0n) is 18.4. The van der Waals surface area contributed by atoms with Crippen LogP contribution in [0, 0.1) is 0 Å². The van der Waals surface area contributed by atoms with Crippen molar-refractivity contribution in [1.29, 1.82) is 0 Å². The fraction of sp³-hybridized carbons (Fsp3) is 0.333. The quantitative estimate of drug-likeness (QED) is 0.423. The first-order valence-corrected chi connectivity index (χ1v) is 11.0. The zero-order valence-corrected chi connectivity index (χ0v) is 19.2. The molecule has 0 unspecified atom stereocenters. The average Bonchev–Trinajstić information content (AvgIpc) is 2.81. The van der Waals surface area contributed by atoms with Crippen molar-refractivity contribution in [3.8, 4) is 0 Å². The SMILES string of the molecule is CCCOC(=O)CCC(=O)NC(=S)N(C)c1ccccc1C(=O)NCCc1ccccc1. The molecule has 2 amide bonds. The summed E-state index contributed by atoms with van der Waals surface area (Å²) >= 11 is 5.33. The van der Waals surface area contributed by atoms with Gasteiger partial charge in [-0.05, 0) is 42.8 Å². The molecular weight excluding hydrogens is 426 g/mol. The topological polar surface area (TPSA) is 87.7 Å². The van der Waals surface area contributed by atoms with Gasteiger partial charge in [-0.15, -0.1) is 0 Å². The van der Waals surface area contributed by atoms with E-state index < -0.39 is 5.97 Å². The average molecular weight is 456 g/mol. The Morgan fingerprint density at radius 2 is 1.69 bits per heavy atom. The molecule has 2 aromatic rings. The number of nitrogens with zero attached hydrogens (tertiary/aromatic N) is 1. The molecule has 0 heterocycles. The Balaban J connectivity index is 1.91. The fourth-order valence-corrected chi connectivity index (χ4v) is 3.11. The molecule has 8 heteroatoms. The molecule has 2 N–H and O–H groups in total. The summed E-state index contributed by atoms with van der Waals surface area (Å²) in [6.45, 7) is 2.73. The molecule has 32 heavy (non-hydrogen) atoms. The molecular formula is C24H29N3O4S. The van der Waals surface area contributed by atoms with Crippen LogP contribution in [0.1, 0.15) is 42.1 Å². The van der Waals surface area contributed by atoms with Crippen LogP contribution < -0.4 is 15.5 Å². The minimum Gasteiger partial charge on any atom is -0.466 e. The fourth-order valence-electron chi connectivity index (χ4n) is 2.90. The van der Waals surface area contributed by atoms with E-state index >= 15 is 0 Å². The number of carbonyl (C=O) groups is 3. The van der Waals surface area contributed by atoms with Gasteiger partial charge in [0.2, 0.25) is 5.91 Å². The number of benzene rings is 2. The lowest BCUT2D eigenvalue weighted by Gasteiger charge is -2.23. The summed E-state index contributed by atoms with van der Waals surface area (Å²) in [5.41, 5.74) is 2.15. The van der Waals surface area contributed by atoms with Crippen LogP contribution in [0.5, 0.6) is 0 Å². The lowest BCUT2D eigenvalue weighted by molar-refractivity contribution is -0.144. The van der Waals surface area contributed by atoms with Gasteiger partial charge in [-0.2, -0.15) is 0 Å². The highest BCUT2D eigenvalue weighted by atomic mass is 32.1. The first-order valence-electron chi connectivity index (χ1n) is 10.6. The van der Waals surface area contributed by atoms with Crippen molar-refractivity contribution in [1.82, 2.24) is 10.6 Å². The number of amides is 2. The van der Waals surface area contributed by atoms with E-state index in [9.17, 15) is 14.4 Å². The van der Waals surface area contributed by atoms with Gasteiger partial charge in [0.15, 0.2) is 5.11 Å². The maximum absolute atomic E-state index is 12.7. The standard InChI is InChI=1S/C24H29N3O4S/c1-3-17-31-22(29)14-13-21(28)26-24(32)27(2)20-12-8-7-11-19(20)23(30)25-16-15-18-9-5-4-6-10-18/h4-12H,3,13-17H2,1-2H3,(H,25,30)(H,26,28,32). The molecule has 0 radical (unpaired) electrons. The predicted molar refractivity (Wildman–Crippen MR) is 129 cm³/mol. The molecule has 0 aliphatic heterocycles. The monoisotopic (exact) mass is 455 g/mol. The number of para-hydroxylation sites is 1. The highest BCUT2D eigenvalue weighted by molar-refractivity contribution is 7.80. The Morgan fingerprint density at radius 1 is 1.00 bits per heavy atom. The number of thiocarbonyl (C=S) groups is 1. The molecule has 0 saturated heterocycles. The Hall–Kier alpha value is -3.26. The van der Waals surface area contributed by atoms with Gasteiger partial charge in [0, 0.05) is 20.0 Å². The first kappa shape index (κ1) is 25.0. The number of nitrogens with one attached hydrogen (secondary N) is 2. The number of esters is 1. The van der Waals surface area contributed by atoms with Gasteiger partial charge >= 0.3 is 5.97 Å². The summed E-state index contributed by atoms with van der Waals surface area (Å²) in [5.74, 6) is -1.03. The van der Waals surface area contributed by atoms with Crippen molar-refractivity contribution in [3.63, 3.8) is 0 Å². The van der Waals surface area contributed by atoms with Crippen LogP contribution in [0.15, 0.2) is 54.6 Å². The van der Waals surface area contributed by atoms with E-state index in [1.165, 1.54) is 0 Å². The number of anilines is 1. The molecule has 0 aromatic heterocycles. The van der Waals surface area contributed by atoms with Crippen LogP contribution in [0.25, 0.3) is 0 Å². The first-order chi connectivity index (χ1) is 15.4. The molecule has 0 fully saturated rings. The second-order valence-corrected chi connectivity index (χ2v) is 7.53. The van der Waals surface area contributed by atoms with Crippen molar-refractivity contribution >= 4 is 40.8 Å². The Kier molecular flexibility index (Phi) is 10.3. The summed E-state index contributed by atoms with van der Waals surface area (Å²) in [6.07, 6.45) is 1.41. The van der Waals surface area contributed by atoms with Crippen LogP contribution in [0.2, 0.25) is 0 Å². The van der Waals surface area contributed by atoms with Crippen molar-refractivity contribution in [2.24, 2.45) is 0 Å². The zero-order chi connectivity index (χ0) is 23.3. The van der Waals surface area contributed by atoms with E-state index in [4.69, 9.17) is 17.0 Å². The summed E-state index contributed by atoms with van der Waals surface area (Å²) in [7, 11) is 1.67. The van der Waals surface area contributed by atoms with Crippen LogP contribution in [-0.2, 0) is 20.7 Å². The van der Waals surface area contributed by atoms with Gasteiger partial charge < -0.3 is 20.3 Å². The van der Waals surface area contributed by atoms with Gasteiger partial charge in [0.1, 0.15) is 0 Å². The normalized spacial score (nSPS) is 10.2. The van der Waals surface area contributed by atoms with E-state index in [1.54, 1.807) is 36.2 Å². The highest BCUT2D eigenvalue weighted by Crippen LogP contribution is 2.19. The number of rotatable bonds is 10. The van der Waals surface area contributed by atoms with Crippen LogP contribution in [0.4, 0.5) is 5.69 Å².